The maximum Gasteiger partial charge on any atom is 0.238 e. The number of carbonyl (C=O) groups excluding carboxylic acids is 2. The van der Waals surface area contributed by atoms with Gasteiger partial charge < -0.3 is 9.47 Å². The number of amides is 2. The van der Waals surface area contributed by atoms with Gasteiger partial charge in [0.1, 0.15) is 5.75 Å². The third-order valence-electron chi connectivity index (χ3n) is 7.05. The van der Waals surface area contributed by atoms with Gasteiger partial charge >= 0.3 is 0 Å². The highest BCUT2D eigenvalue weighted by Crippen LogP contribution is 2.65. The maximum absolute atomic E-state index is 13.2. The number of ether oxygens (including phenoxy) is 2. The van der Waals surface area contributed by atoms with E-state index in [1.54, 1.807) is 31.4 Å². The van der Waals surface area contributed by atoms with E-state index in [9.17, 15) is 9.59 Å². The largest absolute Gasteiger partial charge is 0.493 e. The predicted octanol–water partition coefficient (Wildman–Crippen LogP) is 4.05. The monoisotopic (exact) mass is 387 g/mol. The van der Waals surface area contributed by atoms with Crippen molar-refractivity contribution in [1.29, 1.82) is 0 Å². The van der Waals surface area contributed by atoms with Crippen molar-refractivity contribution >= 4 is 17.5 Å². The van der Waals surface area contributed by atoms with Crippen LogP contribution in [0.5, 0.6) is 17.2 Å². The molecule has 1 saturated heterocycles. The molecule has 2 amide bonds. The standard InChI is InChI=1S/C24H21NO4/c1-28-19-4-2-3-5-20(19)29-14-8-6-13(7-9-14)25-23(26)21-15-10-11-16(18-12-17(15)18)22(21)24(25)27/h2-11,15-18,21-22H,12H2,1H3/t15-,16-,17-,18-,21-,22+/m1/s1. The highest BCUT2D eigenvalue weighted by Gasteiger charge is 2.67. The Kier molecular flexibility index (Phi) is 3.46. The highest BCUT2D eigenvalue weighted by molar-refractivity contribution is 6.22. The summed E-state index contributed by atoms with van der Waals surface area (Å²) < 4.78 is 11.2. The molecule has 1 aliphatic heterocycles. The molecule has 2 bridgehead atoms. The minimum absolute atomic E-state index is 0.0388. The Hall–Kier alpha value is -3.08. The van der Waals surface area contributed by atoms with Gasteiger partial charge in [-0.3, -0.25) is 14.5 Å². The third-order valence-corrected chi connectivity index (χ3v) is 7.05. The van der Waals surface area contributed by atoms with Gasteiger partial charge in [-0.15, -0.1) is 0 Å². The number of rotatable bonds is 4. The molecule has 146 valence electrons. The quantitative estimate of drug-likeness (QED) is 0.587. The first-order chi connectivity index (χ1) is 14.2. The first-order valence-corrected chi connectivity index (χ1v) is 10.1. The van der Waals surface area contributed by atoms with Gasteiger partial charge in [-0.25, -0.2) is 0 Å². The molecular formula is C24H21NO4. The number of benzene rings is 2. The SMILES string of the molecule is COc1ccccc1Oc1ccc(N2C(=O)[C@@H]3[C@@H]4C=C[C@H]([C@H]5C[C@H]45)[C@@H]3C2=O)cc1. The second-order valence-electron chi connectivity index (χ2n) is 8.41. The summed E-state index contributed by atoms with van der Waals surface area (Å²) in [6.07, 6.45) is 5.56. The lowest BCUT2D eigenvalue weighted by Crippen LogP contribution is -2.40. The molecule has 29 heavy (non-hydrogen) atoms. The predicted molar refractivity (Wildman–Crippen MR) is 107 cm³/mol. The summed E-state index contributed by atoms with van der Waals surface area (Å²) in [7, 11) is 1.60. The van der Waals surface area contributed by atoms with Crippen molar-refractivity contribution in [3.05, 3.63) is 60.7 Å². The lowest BCUT2D eigenvalue weighted by molar-refractivity contribution is -0.124. The van der Waals surface area contributed by atoms with Crippen LogP contribution in [0.25, 0.3) is 0 Å². The van der Waals surface area contributed by atoms with Crippen LogP contribution in [0.2, 0.25) is 0 Å². The summed E-state index contributed by atoms with van der Waals surface area (Å²) in [5.41, 5.74) is 0.620. The summed E-state index contributed by atoms with van der Waals surface area (Å²) in [6, 6.07) is 14.6. The Morgan fingerprint density at radius 2 is 1.41 bits per heavy atom. The molecule has 0 unspecified atom stereocenters. The molecule has 0 N–H and O–H groups in total. The molecule has 0 radical (unpaired) electrons. The Balaban J connectivity index is 1.26. The first kappa shape index (κ1) is 16.8. The first-order valence-electron chi connectivity index (χ1n) is 10.1. The molecule has 0 spiro atoms. The Morgan fingerprint density at radius 3 is 2.00 bits per heavy atom. The molecule has 2 aromatic carbocycles. The number of allylic oxidation sites excluding steroid dienone is 2. The smallest absolute Gasteiger partial charge is 0.238 e. The van der Waals surface area contributed by atoms with Crippen molar-refractivity contribution in [1.82, 2.24) is 0 Å². The third kappa shape index (κ3) is 2.33. The van der Waals surface area contributed by atoms with Crippen molar-refractivity contribution in [2.24, 2.45) is 35.5 Å². The number of carbonyl (C=O) groups is 2. The molecule has 2 aromatic rings. The van der Waals surface area contributed by atoms with Crippen LogP contribution in [0.15, 0.2) is 60.7 Å². The van der Waals surface area contributed by atoms with Crippen LogP contribution in [-0.2, 0) is 9.59 Å². The molecule has 2 saturated carbocycles. The normalized spacial score (nSPS) is 33.5. The van der Waals surface area contributed by atoms with Crippen molar-refractivity contribution < 1.29 is 19.1 Å². The van der Waals surface area contributed by atoms with Gasteiger partial charge in [0, 0.05) is 0 Å². The van der Waals surface area contributed by atoms with Gasteiger partial charge in [-0.05, 0) is 66.5 Å². The molecule has 0 aromatic heterocycles. The zero-order valence-electron chi connectivity index (χ0n) is 16.0. The number of methoxy groups -OCH3 is 1. The van der Waals surface area contributed by atoms with Crippen LogP contribution in [0.1, 0.15) is 6.42 Å². The number of imide groups is 1. The van der Waals surface area contributed by atoms with Crippen molar-refractivity contribution in [3.63, 3.8) is 0 Å². The van der Waals surface area contributed by atoms with Gasteiger partial charge in [0.15, 0.2) is 11.5 Å². The Morgan fingerprint density at radius 1 is 0.828 bits per heavy atom. The van der Waals surface area contributed by atoms with Crippen LogP contribution in [0.3, 0.4) is 0 Å². The number of anilines is 1. The second-order valence-corrected chi connectivity index (χ2v) is 8.41. The lowest BCUT2D eigenvalue weighted by Gasteiger charge is -2.37. The minimum Gasteiger partial charge on any atom is -0.493 e. The highest BCUT2D eigenvalue weighted by atomic mass is 16.5. The number of hydrogen-bond acceptors (Lipinski definition) is 4. The van der Waals surface area contributed by atoms with E-state index in [4.69, 9.17) is 9.47 Å². The van der Waals surface area contributed by atoms with E-state index < -0.39 is 0 Å². The van der Waals surface area contributed by atoms with Crippen LogP contribution >= 0.6 is 0 Å². The molecule has 1 heterocycles. The molecule has 5 nitrogen and oxygen atoms in total. The summed E-state index contributed by atoms with van der Waals surface area (Å²) in [5, 5.41) is 0. The summed E-state index contributed by atoms with van der Waals surface area (Å²) in [5.74, 6) is 3.16. The van der Waals surface area contributed by atoms with E-state index in [-0.39, 0.29) is 35.5 Å². The van der Waals surface area contributed by atoms with Crippen LogP contribution in [0, 0.1) is 35.5 Å². The van der Waals surface area contributed by atoms with E-state index in [1.807, 2.05) is 24.3 Å². The van der Waals surface area contributed by atoms with Crippen LogP contribution < -0.4 is 14.4 Å². The van der Waals surface area contributed by atoms with Gasteiger partial charge in [0.25, 0.3) is 0 Å². The molecule has 3 fully saturated rings. The zero-order valence-corrected chi connectivity index (χ0v) is 16.0. The van der Waals surface area contributed by atoms with Crippen LogP contribution in [0.4, 0.5) is 5.69 Å². The fourth-order valence-corrected chi connectivity index (χ4v) is 5.70. The lowest BCUT2D eigenvalue weighted by atomic mass is 9.63. The summed E-state index contributed by atoms with van der Waals surface area (Å²) in [4.78, 5) is 27.8. The van der Waals surface area contributed by atoms with E-state index in [0.717, 1.165) is 0 Å². The van der Waals surface area contributed by atoms with E-state index in [2.05, 4.69) is 12.2 Å². The summed E-state index contributed by atoms with van der Waals surface area (Å²) in [6.45, 7) is 0. The molecule has 5 heteroatoms. The molecule has 4 aliphatic carbocycles. The minimum atomic E-state index is -0.175. The van der Waals surface area contributed by atoms with E-state index >= 15 is 0 Å². The Bertz CT molecular complexity index is 1010. The second kappa shape index (κ2) is 5.96. The molecule has 7 rings (SSSR count). The number of hydrogen-bond donors (Lipinski definition) is 0. The average Bonchev–Trinajstić information content (AvgIpc) is 3.53. The fraction of sp³-hybridized carbons (Fsp3) is 0.333. The number of para-hydroxylation sites is 2. The number of nitrogens with zero attached hydrogens (tertiary/aromatic N) is 1. The van der Waals surface area contributed by atoms with E-state index in [0.29, 0.717) is 34.8 Å². The van der Waals surface area contributed by atoms with E-state index in [1.165, 1.54) is 11.3 Å². The van der Waals surface area contributed by atoms with Crippen molar-refractivity contribution in [2.45, 2.75) is 6.42 Å². The van der Waals surface area contributed by atoms with Crippen molar-refractivity contribution in [3.8, 4) is 17.2 Å². The molecule has 6 atom stereocenters. The zero-order chi connectivity index (χ0) is 19.7. The topological polar surface area (TPSA) is 55.8 Å². The van der Waals surface area contributed by atoms with Crippen LogP contribution in [-0.4, -0.2) is 18.9 Å². The van der Waals surface area contributed by atoms with Gasteiger partial charge in [0.05, 0.1) is 24.6 Å². The Labute approximate surface area is 168 Å². The molecule has 5 aliphatic rings. The average molecular weight is 387 g/mol. The van der Waals surface area contributed by atoms with Gasteiger partial charge in [0.2, 0.25) is 11.8 Å². The summed E-state index contributed by atoms with van der Waals surface area (Å²) >= 11 is 0. The maximum atomic E-state index is 13.2. The molecular weight excluding hydrogens is 366 g/mol. The fourth-order valence-electron chi connectivity index (χ4n) is 5.70. The van der Waals surface area contributed by atoms with Gasteiger partial charge in [-0.2, -0.15) is 0 Å². The van der Waals surface area contributed by atoms with Crippen molar-refractivity contribution in [2.75, 3.05) is 12.0 Å². The van der Waals surface area contributed by atoms with Gasteiger partial charge in [-0.1, -0.05) is 24.3 Å².